The molecule has 0 atom stereocenters. The van der Waals surface area contributed by atoms with E-state index in [0.29, 0.717) is 0 Å². The topological polar surface area (TPSA) is 35.9 Å². The fraction of sp³-hybridized carbons (Fsp3) is 0.152. The number of hydrogen-bond donors (Lipinski definition) is 0. The van der Waals surface area contributed by atoms with Crippen molar-refractivity contribution in [1.29, 1.82) is 0 Å². The standard InChI is InChI=1S/C66H58N4O/c1-64(2,3)62-44-68(45-69(62)55-38-48(46-22-12-8-13-23-46)36-53(40-55)66(6,7)51-28-18-11-19-29-51)54-37-49(47-24-14-9-15-25-47)39-57(42-54)71-56-32-33-59-58-30-20-21-31-60(58)70(61(59)43-56)63-41-52(34-35-67-63)65(4,5)50-26-16-10-17-27-50/h8-44H,1-7H3. The summed E-state index contributed by atoms with van der Waals surface area (Å²) in [5, 5.41) is 2.29. The molecule has 0 saturated heterocycles. The summed E-state index contributed by atoms with van der Waals surface area (Å²) in [6.45, 7) is 16.0. The first-order chi connectivity index (χ1) is 34.3. The van der Waals surface area contributed by atoms with Gasteiger partial charge in [0, 0.05) is 40.1 Å². The number of ether oxygens (including phenoxy) is 1. The van der Waals surface area contributed by atoms with Crippen molar-refractivity contribution in [3.05, 3.63) is 259 Å². The molecule has 0 aliphatic rings. The predicted octanol–water partition coefficient (Wildman–Crippen LogP) is 16.1. The summed E-state index contributed by atoms with van der Waals surface area (Å²) in [5.41, 5.74) is 13.9. The van der Waals surface area contributed by atoms with Crippen molar-refractivity contribution in [2.75, 3.05) is 0 Å². The van der Waals surface area contributed by atoms with Gasteiger partial charge in [-0.15, -0.1) is 0 Å². The van der Waals surface area contributed by atoms with Crippen LogP contribution in [-0.4, -0.2) is 14.1 Å². The van der Waals surface area contributed by atoms with Gasteiger partial charge in [0.1, 0.15) is 17.3 Å². The van der Waals surface area contributed by atoms with Gasteiger partial charge in [0.15, 0.2) is 0 Å². The second kappa shape index (κ2) is 17.9. The Morgan fingerprint density at radius 3 is 1.68 bits per heavy atom. The van der Waals surface area contributed by atoms with Gasteiger partial charge in [-0.25, -0.2) is 4.98 Å². The van der Waals surface area contributed by atoms with Gasteiger partial charge in [0.2, 0.25) is 0 Å². The second-order valence-electron chi connectivity index (χ2n) is 20.8. The van der Waals surface area contributed by atoms with Gasteiger partial charge in [0.05, 0.1) is 28.1 Å². The zero-order valence-corrected chi connectivity index (χ0v) is 41.6. The van der Waals surface area contributed by atoms with E-state index < -0.39 is 0 Å². The third kappa shape index (κ3) is 8.63. The molecular formula is C66H58N4O. The molecule has 3 heterocycles. The lowest BCUT2D eigenvalue weighted by molar-refractivity contribution is -0.611. The number of fused-ring (bicyclic) bond motifs is 3. The average molecular weight is 923 g/mol. The van der Waals surface area contributed by atoms with E-state index in [1.807, 2.05) is 6.20 Å². The smallest absolute Gasteiger partial charge is 0.269 e. The molecular weight excluding hydrogens is 865 g/mol. The highest BCUT2D eigenvalue weighted by Crippen LogP contribution is 2.40. The Morgan fingerprint density at radius 2 is 1.03 bits per heavy atom. The maximum atomic E-state index is 7.01. The van der Waals surface area contributed by atoms with Gasteiger partial charge in [-0.05, 0) is 111 Å². The van der Waals surface area contributed by atoms with Crippen LogP contribution in [0, 0.1) is 6.33 Å². The summed E-state index contributed by atoms with van der Waals surface area (Å²) in [6, 6.07) is 75.6. The molecule has 0 spiro atoms. The van der Waals surface area contributed by atoms with Crippen LogP contribution in [0.4, 0.5) is 0 Å². The van der Waals surface area contributed by atoms with Gasteiger partial charge in [-0.2, -0.15) is 0 Å². The molecule has 0 unspecified atom stereocenters. The monoisotopic (exact) mass is 922 g/mol. The molecule has 0 radical (unpaired) electrons. The number of aromatic nitrogens is 4. The van der Waals surface area contributed by atoms with E-state index >= 15 is 0 Å². The SMILES string of the molecule is CC(C)(C)c1cn(-c2cc(Oc3ccc4c5ccccc5n(-c5cc(C(C)(C)c6ccccc6)ccn5)c4c3)cc(-c3ccccc3)c2)[c-][n+]1-c1cc(-c2ccccc2)cc(C(C)(C)c2ccccc2)c1. The van der Waals surface area contributed by atoms with Crippen LogP contribution >= 0.6 is 0 Å². The second-order valence-corrected chi connectivity index (χ2v) is 20.8. The molecule has 0 N–H and O–H groups in total. The van der Waals surface area contributed by atoms with Crippen molar-refractivity contribution in [3.8, 4) is 50.9 Å². The van der Waals surface area contributed by atoms with E-state index in [-0.39, 0.29) is 16.2 Å². The van der Waals surface area contributed by atoms with Crippen LogP contribution in [-0.2, 0) is 16.2 Å². The molecule has 71 heavy (non-hydrogen) atoms. The first-order valence-corrected chi connectivity index (χ1v) is 24.6. The van der Waals surface area contributed by atoms with Gasteiger partial charge in [-0.1, -0.05) is 194 Å². The van der Waals surface area contributed by atoms with Crippen LogP contribution in [0.25, 0.3) is 61.3 Å². The minimum absolute atomic E-state index is 0.227. The van der Waals surface area contributed by atoms with Crippen LogP contribution in [0.1, 0.15) is 76.4 Å². The van der Waals surface area contributed by atoms with Crippen LogP contribution in [0.2, 0.25) is 0 Å². The summed E-state index contributed by atoms with van der Waals surface area (Å²) in [5.74, 6) is 2.31. The predicted molar refractivity (Wildman–Crippen MR) is 291 cm³/mol. The van der Waals surface area contributed by atoms with Crippen molar-refractivity contribution >= 4 is 21.8 Å². The van der Waals surface area contributed by atoms with Crippen molar-refractivity contribution < 1.29 is 9.30 Å². The Kier molecular flexibility index (Phi) is 11.4. The van der Waals surface area contributed by atoms with Crippen molar-refractivity contribution in [1.82, 2.24) is 14.1 Å². The van der Waals surface area contributed by atoms with Crippen LogP contribution < -0.4 is 9.30 Å². The van der Waals surface area contributed by atoms with E-state index in [9.17, 15) is 0 Å². The number of nitrogens with zero attached hydrogens (tertiary/aromatic N) is 4. The minimum Gasteiger partial charge on any atom is -0.458 e. The maximum absolute atomic E-state index is 7.01. The number of benzene rings is 8. The van der Waals surface area contributed by atoms with Crippen molar-refractivity contribution in [2.24, 2.45) is 0 Å². The third-order valence-electron chi connectivity index (χ3n) is 14.3. The fourth-order valence-electron chi connectivity index (χ4n) is 10.1. The number of imidazole rings is 1. The van der Waals surface area contributed by atoms with Crippen LogP contribution in [0.5, 0.6) is 11.5 Å². The molecule has 0 aliphatic heterocycles. The van der Waals surface area contributed by atoms with Crippen molar-refractivity contribution in [2.45, 2.75) is 64.7 Å². The zero-order chi connectivity index (χ0) is 48.9. The Morgan fingerprint density at radius 1 is 0.451 bits per heavy atom. The largest absolute Gasteiger partial charge is 0.458 e. The molecule has 5 heteroatoms. The van der Waals surface area contributed by atoms with E-state index in [0.717, 1.165) is 72.9 Å². The van der Waals surface area contributed by atoms with Crippen LogP contribution in [0.15, 0.2) is 225 Å². The van der Waals surface area contributed by atoms with Crippen molar-refractivity contribution in [3.63, 3.8) is 0 Å². The summed E-state index contributed by atoms with van der Waals surface area (Å²) >= 11 is 0. The summed E-state index contributed by atoms with van der Waals surface area (Å²) in [7, 11) is 0. The lowest BCUT2D eigenvalue weighted by Crippen LogP contribution is -2.39. The highest BCUT2D eigenvalue weighted by molar-refractivity contribution is 6.09. The molecule has 3 aromatic heterocycles. The Hall–Kier alpha value is -8.28. The highest BCUT2D eigenvalue weighted by Gasteiger charge is 2.28. The Balaban J connectivity index is 1.04. The van der Waals surface area contributed by atoms with E-state index in [1.165, 1.54) is 27.8 Å². The average Bonchev–Trinajstić information content (AvgIpc) is 4.01. The molecule has 348 valence electrons. The van der Waals surface area contributed by atoms with Crippen LogP contribution in [0.3, 0.4) is 0 Å². The molecule has 11 rings (SSSR count). The van der Waals surface area contributed by atoms with E-state index in [1.54, 1.807) is 0 Å². The summed E-state index contributed by atoms with van der Waals surface area (Å²) in [6.07, 6.45) is 8.01. The molecule has 0 amide bonds. The summed E-state index contributed by atoms with van der Waals surface area (Å²) < 4.78 is 13.7. The Bertz CT molecular complexity index is 3690. The zero-order valence-electron chi connectivity index (χ0n) is 41.6. The Labute approximate surface area is 418 Å². The number of para-hydroxylation sites is 1. The molecule has 11 aromatic rings. The first-order valence-electron chi connectivity index (χ1n) is 24.6. The normalized spacial score (nSPS) is 12.2. The van der Waals surface area contributed by atoms with Gasteiger partial charge >= 0.3 is 0 Å². The quantitative estimate of drug-likeness (QED) is 0.0957. The summed E-state index contributed by atoms with van der Waals surface area (Å²) in [4.78, 5) is 5.01. The lowest BCUT2D eigenvalue weighted by Gasteiger charge is -2.28. The molecule has 0 fully saturated rings. The minimum atomic E-state index is -0.265. The number of pyridine rings is 1. The van der Waals surface area contributed by atoms with E-state index in [4.69, 9.17) is 9.72 Å². The lowest BCUT2D eigenvalue weighted by atomic mass is 9.77. The fourth-order valence-corrected chi connectivity index (χ4v) is 10.1. The van der Waals surface area contributed by atoms with E-state index in [2.05, 4.69) is 287 Å². The maximum Gasteiger partial charge on any atom is 0.269 e. The number of hydrogen-bond acceptors (Lipinski definition) is 2. The number of rotatable bonds is 11. The first kappa shape index (κ1) is 45.2. The van der Waals surface area contributed by atoms with Gasteiger partial charge in [0.25, 0.3) is 6.33 Å². The molecule has 8 aromatic carbocycles. The van der Waals surface area contributed by atoms with Gasteiger partial charge in [-0.3, -0.25) is 13.7 Å². The van der Waals surface area contributed by atoms with Gasteiger partial charge < -0.3 is 4.74 Å². The molecule has 0 saturated carbocycles. The highest BCUT2D eigenvalue weighted by atomic mass is 16.5. The molecule has 5 nitrogen and oxygen atoms in total. The third-order valence-corrected chi connectivity index (χ3v) is 14.3. The molecule has 0 aliphatic carbocycles. The molecule has 0 bridgehead atoms.